The number of nitrogens with zero attached hydrogens (tertiary/aromatic N) is 1. The molecular weight excluding hydrogens is 246 g/mol. The quantitative estimate of drug-likeness (QED) is 0.910. The smallest absolute Gasteiger partial charge is 0.374 e. The number of hydrogen-bond acceptors (Lipinski definition) is 4. The average Bonchev–Trinajstić information content (AvgIpc) is 2.78. The van der Waals surface area contributed by atoms with Gasteiger partial charge < -0.3 is 14.4 Å². The van der Waals surface area contributed by atoms with E-state index in [0.29, 0.717) is 22.0 Å². The number of benzene rings is 1. The minimum atomic E-state index is -1.17. The first-order valence-electron chi connectivity index (χ1n) is 4.65. The fourth-order valence-corrected chi connectivity index (χ4v) is 1.54. The number of carboxylic acid groups (broad SMARTS) is 1. The predicted octanol–water partition coefficient (Wildman–Crippen LogP) is 2.70. The number of carboxylic acids is 1. The highest BCUT2D eigenvalue weighted by Gasteiger charge is 2.15. The second-order valence-corrected chi connectivity index (χ2v) is 3.66. The molecule has 2 aromatic rings. The number of aromatic nitrogens is 1. The van der Waals surface area contributed by atoms with Gasteiger partial charge in [0, 0.05) is 16.7 Å². The van der Waals surface area contributed by atoms with Crippen LogP contribution in [0.5, 0.6) is 5.75 Å². The zero-order chi connectivity index (χ0) is 12.4. The van der Waals surface area contributed by atoms with Gasteiger partial charge in [-0.05, 0) is 18.2 Å². The lowest BCUT2D eigenvalue weighted by Crippen LogP contribution is -1.91. The summed E-state index contributed by atoms with van der Waals surface area (Å²) in [5, 5.41) is 12.9. The molecule has 1 aromatic carbocycles. The minimum absolute atomic E-state index is 0.225. The lowest BCUT2D eigenvalue weighted by molar-refractivity contribution is 0.0652. The molecule has 0 unspecified atom stereocenters. The number of rotatable bonds is 3. The Morgan fingerprint density at radius 1 is 1.47 bits per heavy atom. The third-order valence-electron chi connectivity index (χ3n) is 2.16. The maximum atomic E-state index is 10.7. The standard InChI is InChI=1S/C11H8ClNO4/c1-16-9-4-6(12)2-3-7(9)8-5-10(11(14)15)17-13-8/h2-5H,1H3,(H,14,15). The number of ether oxygens (including phenoxy) is 1. The molecule has 0 atom stereocenters. The molecule has 6 heteroatoms. The summed E-state index contributed by atoms with van der Waals surface area (Å²) in [6.07, 6.45) is 0. The van der Waals surface area contributed by atoms with E-state index in [4.69, 9.17) is 21.4 Å². The highest BCUT2D eigenvalue weighted by Crippen LogP contribution is 2.31. The van der Waals surface area contributed by atoms with Gasteiger partial charge in [-0.2, -0.15) is 0 Å². The highest BCUT2D eigenvalue weighted by molar-refractivity contribution is 6.30. The van der Waals surface area contributed by atoms with Gasteiger partial charge in [0.15, 0.2) is 0 Å². The van der Waals surface area contributed by atoms with E-state index < -0.39 is 5.97 Å². The molecule has 0 aliphatic carbocycles. The molecule has 1 N–H and O–H groups in total. The van der Waals surface area contributed by atoms with E-state index in [1.807, 2.05) is 0 Å². The van der Waals surface area contributed by atoms with Crippen molar-refractivity contribution in [1.29, 1.82) is 0 Å². The van der Waals surface area contributed by atoms with E-state index in [-0.39, 0.29) is 5.76 Å². The predicted molar refractivity (Wildman–Crippen MR) is 60.5 cm³/mol. The average molecular weight is 254 g/mol. The molecule has 2 rings (SSSR count). The maximum Gasteiger partial charge on any atom is 0.374 e. The fourth-order valence-electron chi connectivity index (χ4n) is 1.38. The lowest BCUT2D eigenvalue weighted by Gasteiger charge is -2.05. The summed E-state index contributed by atoms with van der Waals surface area (Å²) < 4.78 is 9.81. The van der Waals surface area contributed by atoms with Gasteiger partial charge in [0.25, 0.3) is 0 Å². The van der Waals surface area contributed by atoms with Crippen LogP contribution in [-0.2, 0) is 0 Å². The normalized spacial score (nSPS) is 10.2. The molecule has 0 saturated carbocycles. The molecule has 0 aliphatic rings. The van der Waals surface area contributed by atoms with E-state index in [1.165, 1.54) is 13.2 Å². The van der Waals surface area contributed by atoms with Crippen LogP contribution in [0.25, 0.3) is 11.3 Å². The van der Waals surface area contributed by atoms with Gasteiger partial charge in [-0.1, -0.05) is 16.8 Å². The monoisotopic (exact) mass is 253 g/mol. The van der Waals surface area contributed by atoms with E-state index in [0.717, 1.165) is 0 Å². The summed E-state index contributed by atoms with van der Waals surface area (Å²) in [5.74, 6) is -0.892. The van der Waals surface area contributed by atoms with Crippen LogP contribution in [0.4, 0.5) is 0 Å². The summed E-state index contributed by atoms with van der Waals surface area (Å²) in [6, 6.07) is 6.29. The van der Waals surface area contributed by atoms with Gasteiger partial charge in [-0.3, -0.25) is 0 Å². The topological polar surface area (TPSA) is 72.6 Å². The number of hydrogen-bond donors (Lipinski definition) is 1. The highest BCUT2D eigenvalue weighted by atomic mass is 35.5. The Labute approximate surface area is 102 Å². The molecule has 1 aromatic heterocycles. The molecule has 0 radical (unpaired) electrons. The van der Waals surface area contributed by atoms with Crippen molar-refractivity contribution in [2.45, 2.75) is 0 Å². The molecule has 0 spiro atoms. The van der Waals surface area contributed by atoms with Crippen molar-refractivity contribution >= 4 is 17.6 Å². The van der Waals surface area contributed by atoms with E-state index in [1.54, 1.807) is 18.2 Å². The fraction of sp³-hybridized carbons (Fsp3) is 0.0909. The van der Waals surface area contributed by atoms with Crippen molar-refractivity contribution in [2.24, 2.45) is 0 Å². The largest absolute Gasteiger partial charge is 0.496 e. The summed E-state index contributed by atoms with van der Waals surface area (Å²) in [6.45, 7) is 0. The van der Waals surface area contributed by atoms with Crippen LogP contribution in [0, 0.1) is 0 Å². The van der Waals surface area contributed by atoms with E-state index >= 15 is 0 Å². The van der Waals surface area contributed by atoms with Crippen LogP contribution < -0.4 is 4.74 Å². The Morgan fingerprint density at radius 2 is 2.24 bits per heavy atom. The first kappa shape index (κ1) is 11.5. The molecule has 0 bridgehead atoms. The third kappa shape index (κ3) is 2.24. The Balaban J connectivity index is 2.48. The van der Waals surface area contributed by atoms with Crippen molar-refractivity contribution in [3.05, 3.63) is 35.0 Å². The molecule has 5 nitrogen and oxygen atoms in total. The lowest BCUT2D eigenvalue weighted by atomic mass is 10.1. The number of halogens is 1. The van der Waals surface area contributed by atoms with Crippen molar-refractivity contribution in [3.8, 4) is 17.0 Å². The molecule has 1 heterocycles. The van der Waals surface area contributed by atoms with Gasteiger partial charge >= 0.3 is 5.97 Å². The van der Waals surface area contributed by atoms with Crippen molar-refractivity contribution in [1.82, 2.24) is 5.16 Å². The number of methoxy groups -OCH3 is 1. The Kier molecular flexibility index (Phi) is 3.01. The molecular formula is C11H8ClNO4. The van der Waals surface area contributed by atoms with Crippen LogP contribution in [0.1, 0.15) is 10.6 Å². The third-order valence-corrected chi connectivity index (χ3v) is 2.40. The zero-order valence-electron chi connectivity index (χ0n) is 8.81. The minimum Gasteiger partial charge on any atom is -0.496 e. The van der Waals surface area contributed by atoms with E-state index in [9.17, 15) is 4.79 Å². The van der Waals surface area contributed by atoms with Crippen LogP contribution in [0.15, 0.2) is 28.8 Å². The maximum absolute atomic E-state index is 10.7. The van der Waals surface area contributed by atoms with Crippen molar-refractivity contribution in [3.63, 3.8) is 0 Å². The number of carbonyl (C=O) groups is 1. The van der Waals surface area contributed by atoms with Crippen LogP contribution in [-0.4, -0.2) is 23.3 Å². The van der Waals surface area contributed by atoms with Crippen LogP contribution in [0.2, 0.25) is 5.02 Å². The Bertz CT molecular complexity index is 564. The molecule has 88 valence electrons. The van der Waals surface area contributed by atoms with Gasteiger partial charge in [-0.15, -0.1) is 0 Å². The van der Waals surface area contributed by atoms with Gasteiger partial charge in [0.2, 0.25) is 5.76 Å². The molecule has 17 heavy (non-hydrogen) atoms. The van der Waals surface area contributed by atoms with Crippen LogP contribution in [0.3, 0.4) is 0 Å². The number of aromatic carboxylic acids is 1. The van der Waals surface area contributed by atoms with Crippen LogP contribution >= 0.6 is 11.6 Å². The van der Waals surface area contributed by atoms with E-state index in [2.05, 4.69) is 9.68 Å². The van der Waals surface area contributed by atoms with Gasteiger partial charge in [0.1, 0.15) is 11.4 Å². The Morgan fingerprint density at radius 3 is 2.82 bits per heavy atom. The van der Waals surface area contributed by atoms with Crippen molar-refractivity contribution in [2.75, 3.05) is 7.11 Å². The second kappa shape index (κ2) is 4.47. The van der Waals surface area contributed by atoms with Gasteiger partial charge in [-0.25, -0.2) is 4.79 Å². The van der Waals surface area contributed by atoms with Crippen molar-refractivity contribution < 1.29 is 19.2 Å². The molecule has 0 saturated heterocycles. The SMILES string of the molecule is COc1cc(Cl)ccc1-c1cc(C(=O)O)on1. The van der Waals surface area contributed by atoms with Gasteiger partial charge in [0.05, 0.1) is 7.11 Å². The summed E-state index contributed by atoms with van der Waals surface area (Å²) in [7, 11) is 1.49. The first-order valence-corrected chi connectivity index (χ1v) is 5.03. The first-order chi connectivity index (χ1) is 8.11. The summed E-state index contributed by atoms with van der Waals surface area (Å²) >= 11 is 5.82. The Hall–Kier alpha value is -2.01. The molecule has 0 aliphatic heterocycles. The second-order valence-electron chi connectivity index (χ2n) is 3.23. The summed E-state index contributed by atoms with van der Waals surface area (Å²) in [4.78, 5) is 10.7. The summed E-state index contributed by atoms with van der Waals surface area (Å²) in [5.41, 5.74) is 1.00. The molecule has 0 amide bonds. The molecule has 0 fully saturated rings. The zero-order valence-corrected chi connectivity index (χ0v) is 9.56.